The minimum atomic E-state index is -10.7. The number of unbranched alkanes of at least 4 members (excludes halogenated alkanes) is 7. The zero-order valence-electron chi connectivity index (χ0n) is 11.7. The van der Waals surface area contributed by atoms with E-state index in [2.05, 4.69) is 13.6 Å². The van der Waals surface area contributed by atoms with Crippen LogP contribution in [0.5, 0.6) is 0 Å². The van der Waals surface area contributed by atoms with Gasteiger partial charge in [-0.15, -0.1) is 0 Å². The number of hydrogen-bond donors (Lipinski definition) is 0. The van der Waals surface area contributed by atoms with Gasteiger partial charge in [-0.1, -0.05) is 45.4 Å². The van der Waals surface area contributed by atoms with Gasteiger partial charge in [0.05, 0.1) is 6.16 Å². The molecular weight excluding hydrogens is 308 g/mol. The standard InChI is InChI=1S/C11H25P.F6P/c1-3-4-5-6-7-8-9-10-11-12-2;1-7(2,3,4,5)6/h12H,3-11H2,1-2H3;/q;-1/p+1. The van der Waals surface area contributed by atoms with E-state index in [1.54, 1.807) is 0 Å². The Labute approximate surface area is 113 Å². The molecule has 0 aliphatic heterocycles. The van der Waals surface area contributed by atoms with Gasteiger partial charge in [-0.05, 0) is 21.4 Å². The molecule has 0 saturated carbocycles. The van der Waals surface area contributed by atoms with Crippen molar-refractivity contribution in [1.82, 2.24) is 0 Å². The van der Waals surface area contributed by atoms with Crippen molar-refractivity contribution in [2.75, 3.05) is 12.8 Å². The van der Waals surface area contributed by atoms with Crippen LogP contribution in [0.4, 0.5) is 25.2 Å². The second kappa shape index (κ2) is 8.67. The van der Waals surface area contributed by atoms with Crippen LogP contribution in [0.1, 0.15) is 58.3 Å². The number of halogens is 6. The molecular formula is C11H26F6P2. The van der Waals surface area contributed by atoms with Crippen LogP contribution in [0.2, 0.25) is 0 Å². The van der Waals surface area contributed by atoms with Crippen LogP contribution in [0.3, 0.4) is 0 Å². The first-order valence-corrected chi connectivity index (χ1v) is 10.7. The van der Waals surface area contributed by atoms with Crippen molar-refractivity contribution >= 4 is 16.4 Å². The summed E-state index contributed by atoms with van der Waals surface area (Å²) in [5.41, 5.74) is 0. The molecule has 0 radical (unpaired) electrons. The summed E-state index contributed by atoms with van der Waals surface area (Å²) in [6.45, 7) is 4.64. The summed E-state index contributed by atoms with van der Waals surface area (Å²) in [4.78, 5) is 0. The predicted molar refractivity (Wildman–Crippen MR) is 76.7 cm³/mol. The van der Waals surface area contributed by atoms with E-state index in [1.165, 1.54) is 57.5 Å². The Hall–Kier alpha value is 0.440. The van der Waals surface area contributed by atoms with Gasteiger partial charge >= 0.3 is 33.0 Å². The van der Waals surface area contributed by atoms with E-state index in [-0.39, 0.29) is 0 Å². The first kappa shape index (κ1) is 21.7. The molecule has 0 nitrogen and oxygen atoms in total. The molecule has 0 spiro atoms. The summed E-state index contributed by atoms with van der Waals surface area (Å²) in [5, 5.41) is 0. The average molecular weight is 334 g/mol. The zero-order valence-corrected chi connectivity index (χ0v) is 13.7. The number of rotatable bonds is 9. The Kier molecular flexibility index (Phi) is 9.91. The quantitative estimate of drug-likeness (QED) is 0.232. The molecule has 0 aromatic rings. The first-order valence-electron chi connectivity index (χ1n) is 6.71. The van der Waals surface area contributed by atoms with Gasteiger partial charge in [-0.2, -0.15) is 0 Å². The molecule has 122 valence electrons. The Morgan fingerprint density at radius 1 is 0.684 bits per heavy atom. The fraction of sp³-hybridized carbons (Fsp3) is 1.00. The summed E-state index contributed by atoms with van der Waals surface area (Å²) in [6, 6.07) is 0. The van der Waals surface area contributed by atoms with Crippen LogP contribution < -0.4 is 0 Å². The van der Waals surface area contributed by atoms with Crippen molar-refractivity contribution in [2.45, 2.75) is 58.3 Å². The molecule has 0 aliphatic carbocycles. The van der Waals surface area contributed by atoms with E-state index in [1.807, 2.05) is 0 Å². The van der Waals surface area contributed by atoms with Crippen molar-refractivity contribution in [3.63, 3.8) is 0 Å². The average Bonchev–Trinajstić information content (AvgIpc) is 2.17. The molecule has 0 bridgehead atoms. The SMILES string of the molecule is CCCCCCCCCC[PH2+]C.F[P-](F)(F)(F)(F)F. The van der Waals surface area contributed by atoms with Gasteiger partial charge in [0.1, 0.15) is 0 Å². The molecule has 1 unspecified atom stereocenters. The van der Waals surface area contributed by atoms with E-state index in [0.29, 0.717) is 0 Å². The van der Waals surface area contributed by atoms with E-state index >= 15 is 0 Å². The summed E-state index contributed by atoms with van der Waals surface area (Å²) in [6.07, 6.45) is 13.3. The van der Waals surface area contributed by atoms with Crippen molar-refractivity contribution in [3.05, 3.63) is 0 Å². The van der Waals surface area contributed by atoms with Crippen molar-refractivity contribution in [2.24, 2.45) is 0 Å². The van der Waals surface area contributed by atoms with Crippen LogP contribution in [0.15, 0.2) is 0 Å². The summed E-state index contributed by atoms with van der Waals surface area (Å²) < 4.78 is 59.2. The maximum absolute atomic E-state index is 10.7. The van der Waals surface area contributed by atoms with Crippen LogP contribution in [0.25, 0.3) is 0 Å². The normalized spacial score (nSPS) is 15.8. The Morgan fingerprint density at radius 2 is 1.00 bits per heavy atom. The van der Waals surface area contributed by atoms with Gasteiger partial charge in [0, 0.05) is 6.66 Å². The van der Waals surface area contributed by atoms with Crippen molar-refractivity contribution < 1.29 is 25.2 Å². The van der Waals surface area contributed by atoms with Crippen LogP contribution in [-0.4, -0.2) is 12.8 Å². The van der Waals surface area contributed by atoms with E-state index in [9.17, 15) is 25.2 Å². The van der Waals surface area contributed by atoms with Crippen LogP contribution >= 0.6 is 16.4 Å². The van der Waals surface area contributed by atoms with Crippen molar-refractivity contribution in [3.8, 4) is 0 Å². The third-order valence-electron chi connectivity index (χ3n) is 2.35. The predicted octanol–water partition coefficient (Wildman–Crippen LogP) is 7.55. The number of hydrogen-bond acceptors (Lipinski definition) is 0. The van der Waals surface area contributed by atoms with Crippen molar-refractivity contribution in [1.29, 1.82) is 0 Å². The Balaban J connectivity index is 0. The molecule has 1 atom stereocenters. The molecule has 19 heavy (non-hydrogen) atoms. The summed E-state index contributed by atoms with van der Waals surface area (Å²) in [5.74, 6) is 0. The van der Waals surface area contributed by atoms with E-state index in [4.69, 9.17) is 0 Å². The molecule has 0 aromatic heterocycles. The van der Waals surface area contributed by atoms with Gasteiger partial charge in [0.2, 0.25) is 0 Å². The monoisotopic (exact) mass is 334 g/mol. The molecule has 0 N–H and O–H groups in total. The summed E-state index contributed by atoms with van der Waals surface area (Å²) in [7, 11) is -9.89. The van der Waals surface area contributed by atoms with Crippen LogP contribution in [-0.2, 0) is 0 Å². The molecule has 0 aliphatic rings. The van der Waals surface area contributed by atoms with Gasteiger partial charge < -0.3 is 0 Å². The van der Waals surface area contributed by atoms with E-state index < -0.39 is 7.81 Å². The molecule has 0 amide bonds. The molecule has 0 fully saturated rings. The zero-order chi connectivity index (χ0) is 15.5. The second-order valence-corrected chi connectivity index (χ2v) is 7.94. The second-order valence-electron chi connectivity index (χ2n) is 4.63. The third kappa shape index (κ3) is 55.9. The topological polar surface area (TPSA) is 0 Å². The van der Waals surface area contributed by atoms with Crippen LogP contribution in [0, 0.1) is 0 Å². The van der Waals surface area contributed by atoms with Gasteiger partial charge in [-0.25, -0.2) is 0 Å². The molecule has 0 heterocycles. The van der Waals surface area contributed by atoms with Gasteiger partial charge in [-0.3, -0.25) is 0 Å². The van der Waals surface area contributed by atoms with E-state index in [0.717, 1.165) is 8.58 Å². The van der Waals surface area contributed by atoms with Gasteiger partial charge in [0.25, 0.3) is 0 Å². The third-order valence-corrected chi connectivity index (χ3v) is 3.33. The van der Waals surface area contributed by atoms with Gasteiger partial charge in [0.15, 0.2) is 0 Å². The summed E-state index contributed by atoms with van der Waals surface area (Å²) >= 11 is 0. The Bertz CT molecular complexity index is 189. The first-order chi connectivity index (χ1) is 8.36. The molecule has 0 saturated heterocycles. The molecule has 0 rings (SSSR count). The maximum atomic E-state index is 9.87. The fourth-order valence-corrected chi connectivity index (χ4v) is 2.18. The fourth-order valence-electron chi connectivity index (χ4n) is 1.48. The molecule has 0 aromatic carbocycles. The minimum absolute atomic E-state index is 0.768. The molecule has 8 heteroatoms. The Morgan fingerprint density at radius 3 is 1.32 bits per heavy atom.